The minimum Gasteiger partial charge on any atom is -0.356 e. The number of H-pyrrole nitrogens is 1. The highest BCUT2D eigenvalue weighted by molar-refractivity contribution is 5.95. The molecule has 2 heterocycles. The van der Waals surface area contributed by atoms with Crippen LogP contribution >= 0.6 is 0 Å². The number of carbonyl (C=O) groups is 1. The minimum absolute atomic E-state index is 0.00663. The van der Waals surface area contributed by atoms with Gasteiger partial charge in [0.05, 0.1) is 11.0 Å². The van der Waals surface area contributed by atoms with Crippen LogP contribution in [0.25, 0.3) is 10.9 Å². The monoisotopic (exact) mass is 415 g/mol. The highest BCUT2D eigenvalue weighted by Crippen LogP contribution is 2.39. The zero-order chi connectivity index (χ0) is 21.5. The molecule has 0 spiro atoms. The van der Waals surface area contributed by atoms with Crippen LogP contribution in [0.2, 0.25) is 0 Å². The Kier molecular flexibility index (Phi) is 4.51. The Balaban J connectivity index is 1.64. The molecule has 1 N–H and O–H groups in total. The van der Waals surface area contributed by atoms with E-state index >= 15 is 0 Å². The van der Waals surface area contributed by atoms with Crippen molar-refractivity contribution in [3.05, 3.63) is 111 Å². The van der Waals surface area contributed by atoms with Crippen LogP contribution in [0.1, 0.15) is 33.2 Å². The molecule has 1 amide bonds. The Morgan fingerprint density at radius 3 is 2.45 bits per heavy atom. The van der Waals surface area contributed by atoms with Crippen LogP contribution in [0.5, 0.6) is 0 Å². The molecule has 7 heteroatoms. The van der Waals surface area contributed by atoms with Gasteiger partial charge in [0.15, 0.2) is 0 Å². The Bertz CT molecular complexity index is 1300. The number of carbonyl (C=O) groups excluding carboxylic acids is 1. The molecule has 0 saturated heterocycles. The lowest BCUT2D eigenvalue weighted by Crippen LogP contribution is -2.40. The van der Waals surface area contributed by atoms with Gasteiger partial charge >= 0.3 is 0 Å². The van der Waals surface area contributed by atoms with Gasteiger partial charge in [0.25, 0.3) is 11.6 Å². The predicted molar refractivity (Wildman–Crippen MR) is 114 cm³/mol. The second-order valence-corrected chi connectivity index (χ2v) is 7.57. The number of rotatable bonds is 3. The van der Waals surface area contributed by atoms with Gasteiger partial charge in [0, 0.05) is 40.8 Å². The lowest BCUT2D eigenvalue weighted by atomic mass is 9.91. The third-order valence-corrected chi connectivity index (χ3v) is 5.81. The lowest BCUT2D eigenvalue weighted by molar-refractivity contribution is -0.384. The van der Waals surface area contributed by atoms with Crippen LogP contribution in [-0.2, 0) is 6.42 Å². The third kappa shape index (κ3) is 3.24. The number of non-ortho nitro benzene ring substituents is 1. The summed E-state index contributed by atoms with van der Waals surface area (Å²) in [5.74, 6) is -0.618. The van der Waals surface area contributed by atoms with E-state index in [9.17, 15) is 19.3 Å². The van der Waals surface area contributed by atoms with Crippen molar-refractivity contribution in [2.45, 2.75) is 12.5 Å². The summed E-state index contributed by atoms with van der Waals surface area (Å²) >= 11 is 0. The van der Waals surface area contributed by atoms with Crippen molar-refractivity contribution in [2.75, 3.05) is 6.54 Å². The zero-order valence-electron chi connectivity index (χ0n) is 16.4. The Morgan fingerprint density at radius 1 is 1.03 bits per heavy atom. The molecule has 0 aliphatic carbocycles. The third-order valence-electron chi connectivity index (χ3n) is 5.81. The van der Waals surface area contributed by atoms with Gasteiger partial charge in [-0.05, 0) is 60.0 Å². The van der Waals surface area contributed by atoms with Crippen molar-refractivity contribution in [2.24, 2.45) is 0 Å². The van der Waals surface area contributed by atoms with Crippen LogP contribution in [-0.4, -0.2) is 27.3 Å². The molecule has 3 aromatic carbocycles. The smallest absolute Gasteiger partial charge is 0.269 e. The highest BCUT2D eigenvalue weighted by Gasteiger charge is 2.35. The molecule has 31 heavy (non-hydrogen) atoms. The van der Waals surface area contributed by atoms with Gasteiger partial charge < -0.3 is 9.88 Å². The fraction of sp³-hybridized carbons (Fsp3) is 0.125. The molecule has 5 rings (SSSR count). The molecule has 1 aliphatic rings. The number of nitro groups is 1. The number of aromatic amines is 1. The number of nitrogens with zero attached hydrogens (tertiary/aromatic N) is 2. The van der Waals surface area contributed by atoms with Gasteiger partial charge in [0.1, 0.15) is 5.82 Å². The van der Waals surface area contributed by atoms with Gasteiger partial charge in [-0.3, -0.25) is 14.9 Å². The second-order valence-electron chi connectivity index (χ2n) is 7.57. The molecule has 1 unspecified atom stereocenters. The van der Waals surface area contributed by atoms with Gasteiger partial charge in [0.2, 0.25) is 0 Å². The first-order valence-corrected chi connectivity index (χ1v) is 9.93. The van der Waals surface area contributed by atoms with E-state index < -0.39 is 16.8 Å². The summed E-state index contributed by atoms with van der Waals surface area (Å²) in [5.41, 5.74) is 4.18. The Hall–Kier alpha value is -4.00. The Morgan fingerprint density at radius 2 is 1.74 bits per heavy atom. The number of nitrogens with one attached hydrogen (secondary N) is 1. The van der Waals surface area contributed by atoms with Gasteiger partial charge in [-0.2, -0.15) is 0 Å². The number of amides is 1. The van der Waals surface area contributed by atoms with E-state index in [2.05, 4.69) is 11.1 Å². The summed E-state index contributed by atoms with van der Waals surface area (Å²) in [7, 11) is 0. The van der Waals surface area contributed by atoms with E-state index in [0.717, 1.165) is 27.7 Å². The maximum Gasteiger partial charge on any atom is 0.269 e. The van der Waals surface area contributed by atoms with E-state index in [1.807, 2.05) is 18.2 Å². The SMILES string of the molecule is O=C(c1ccc(F)cc1)N1CCc2c([nH]c3ccccc23)C1c1ccc([N+](=O)[O-])cc1. The largest absolute Gasteiger partial charge is 0.356 e. The summed E-state index contributed by atoms with van der Waals surface area (Å²) in [6, 6.07) is 19.3. The van der Waals surface area contributed by atoms with Gasteiger partial charge in [-0.25, -0.2) is 4.39 Å². The van der Waals surface area contributed by atoms with Crippen molar-refractivity contribution >= 4 is 22.5 Å². The first-order valence-electron chi connectivity index (χ1n) is 9.93. The van der Waals surface area contributed by atoms with E-state index in [-0.39, 0.29) is 11.6 Å². The van der Waals surface area contributed by atoms with Crippen molar-refractivity contribution < 1.29 is 14.1 Å². The Labute approximate surface area is 177 Å². The number of aromatic nitrogens is 1. The first-order chi connectivity index (χ1) is 15.0. The van der Waals surface area contributed by atoms with Crippen LogP contribution in [0.3, 0.4) is 0 Å². The highest BCUT2D eigenvalue weighted by atomic mass is 19.1. The predicted octanol–water partition coefficient (Wildman–Crippen LogP) is 5.00. The lowest BCUT2D eigenvalue weighted by Gasteiger charge is -2.36. The van der Waals surface area contributed by atoms with Crippen LogP contribution in [0, 0.1) is 15.9 Å². The van der Waals surface area contributed by atoms with Crippen molar-refractivity contribution in [3.63, 3.8) is 0 Å². The van der Waals surface area contributed by atoms with Crippen molar-refractivity contribution in [1.29, 1.82) is 0 Å². The number of halogens is 1. The fourth-order valence-electron chi connectivity index (χ4n) is 4.34. The van der Waals surface area contributed by atoms with Crippen LogP contribution < -0.4 is 0 Å². The first kappa shape index (κ1) is 19.0. The molecule has 4 aromatic rings. The number of benzene rings is 3. The van der Waals surface area contributed by atoms with Crippen LogP contribution in [0.15, 0.2) is 72.8 Å². The van der Waals surface area contributed by atoms with Crippen molar-refractivity contribution in [3.8, 4) is 0 Å². The molecular formula is C24H18FN3O3. The number of nitro benzene ring substituents is 1. The van der Waals surface area contributed by atoms with E-state index in [1.54, 1.807) is 17.0 Å². The molecule has 1 aliphatic heterocycles. The summed E-state index contributed by atoms with van der Waals surface area (Å²) in [6.45, 7) is 0.479. The average molecular weight is 415 g/mol. The molecule has 154 valence electrons. The maximum atomic E-state index is 13.4. The van der Waals surface area contributed by atoms with E-state index in [0.29, 0.717) is 18.5 Å². The standard InChI is InChI=1S/C24H18FN3O3/c25-17-9-5-16(6-10-17)24(29)27-14-13-20-19-3-1-2-4-21(19)26-22(20)23(27)15-7-11-18(12-8-15)28(30)31/h1-12,23,26H,13-14H2. The molecule has 6 nitrogen and oxygen atoms in total. The molecule has 0 bridgehead atoms. The van der Waals surface area contributed by atoms with Gasteiger partial charge in [-0.1, -0.05) is 18.2 Å². The summed E-state index contributed by atoms with van der Waals surface area (Å²) in [4.78, 5) is 29.2. The normalized spacial score (nSPS) is 15.6. The second kappa shape index (κ2) is 7.36. The summed E-state index contributed by atoms with van der Waals surface area (Å²) < 4.78 is 13.4. The maximum absolute atomic E-state index is 13.4. The van der Waals surface area contributed by atoms with E-state index in [4.69, 9.17) is 0 Å². The molecule has 0 fully saturated rings. The quantitative estimate of drug-likeness (QED) is 0.378. The molecule has 1 aromatic heterocycles. The molecule has 0 radical (unpaired) electrons. The number of para-hydroxylation sites is 1. The summed E-state index contributed by atoms with van der Waals surface area (Å²) in [6.07, 6.45) is 0.676. The molecular weight excluding hydrogens is 397 g/mol. The zero-order valence-corrected chi connectivity index (χ0v) is 16.4. The number of hydrogen-bond acceptors (Lipinski definition) is 3. The fourth-order valence-corrected chi connectivity index (χ4v) is 4.34. The number of fused-ring (bicyclic) bond motifs is 3. The van der Waals surface area contributed by atoms with Crippen LogP contribution in [0.4, 0.5) is 10.1 Å². The number of hydrogen-bond donors (Lipinski definition) is 1. The van der Waals surface area contributed by atoms with E-state index in [1.165, 1.54) is 36.4 Å². The minimum atomic E-state index is -0.444. The average Bonchev–Trinajstić information content (AvgIpc) is 3.17. The molecule has 1 atom stereocenters. The summed E-state index contributed by atoms with van der Waals surface area (Å²) in [5, 5.41) is 12.2. The molecule has 0 saturated carbocycles. The van der Waals surface area contributed by atoms with Crippen molar-refractivity contribution in [1.82, 2.24) is 9.88 Å². The topological polar surface area (TPSA) is 79.2 Å². The van der Waals surface area contributed by atoms with Gasteiger partial charge in [-0.15, -0.1) is 0 Å².